The Bertz CT molecular complexity index is 817. The first kappa shape index (κ1) is 14.2. The molecule has 2 aromatic carbocycles. The van der Waals surface area contributed by atoms with Gasteiger partial charge >= 0.3 is 0 Å². The quantitative estimate of drug-likeness (QED) is 0.681. The SMILES string of the molecule is COc1ccc(Oc2cc3nc(C)sc3cc2N)c(Br)c1. The van der Waals surface area contributed by atoms with Crippen LogP contribution in [0.5, 0.6) is 17.2 Å². The lowest BCUT2D eigenvalue weighted by atomic mass is 10.2. The van der Waals surface area contributed by atoms with E-state index in [9.17, 15) is 0 Å². The summed E-state index contributed by atoms with van der Waals surface area (Å²) in [4.78, 5) is 4.46. The number of nitrogens with zero attached hydrogens (tertiary/aromatic N) is 1. The lowest BCUT2D eigenvalue weighted by Crippen LogP contribution is -1.93. The van der Waals surface area contributed by atoms with E-state index in [0.29, 0.717) is 17.2 Å². The van der Waals surface area contributed by atoms with Crippen LogP contribution >= 0.6 is 27.3 Å². The lowest BCUT2D eigenvalue weighted by Gasteiger charge is -2.11. The number of aromatic nitrogens is 1. The van der Waals surface area contributed by atoms with Crippen molar-refractivity contribution < 1.29 is 9.47 Å². The van der Waals surface area contributed by atoms with Crippen LogP contribution in [0.4, 0.5) is 5.69 Å². The van der Waals surface area contributed by atoms with E-state index in [4.69, 9.17) is 15.2 Å². The van der Waals surface area contributed by atoms with E-state index in [1.54, 1.807) is 18.4 Å². The number of benzene rings is 2. The summed E-state index contributed by atoms with van der Waals surface area (Å²) in [6, 6.07) is 9.27. The van der Waals surface area contributed by atoms with Crippen LogP contribution in [0.2, 0.25) is 0 Å². The highest BCUT2D eigenvalue weighted by Gasteiger charge is 2.10. The Morgan fingerprint density at radius 2 is 2.00 bits per heavy atom. The summed E-state index contributed by atoms with van der Waals surface area (Å²) >= 11 is 5.08. The van der Waals surface area contributed by atoms with Crippen molar-refractivity contribution in [3.63, 3.8) is 0 Å². The Morgan fingerprint density at radius 3 is 2.71 bits per heavy atom. The molecule has 0 aliphatic carbocycles. The third-order valence-corrected chi connectivity index (χ3v) is 4.54. The molecule has 4 nitrogen and oxygen atoms in total. The molecule has 0 spiro atoms. The molecule has 0 fully saturated rings. The van der Waals surface area contributed by atoms with Crippen LogP contribution in [0.25, 0.3) is 10.2 Å². The predicted octanol–water partition coefficient (Wildman–Crippen LogP) is 4.75. The first-order valence-electron chi connectivity index (χ1n) is 6.25. The van der Waals surface area contributed by atoms with Crippen molar-refractivity contribution in [3.8, 4) is 17.2 Å². The first-order valence-corrected chi connectivity index (χ1v) is 7.86. The zero-order valence-electron chi connectivity index (χ0n) is 11.5. The Kier molecular flexibility index (Phi) is 3.73. The molecule has 1 aromatic heterocycles. The number of hydrogen-bond donors (Lipinski definition) is 1. The lowest BCUT2D eigenvalue weighted by molar-refractivity contribution is 0.412. The molecule has 1 heterocycles. The summed E-state index contributed by atoms with van der Waals surface area (Å²) in [6.45, 7) is 1.97. The molecule has 0 bridgehead atoms. The molecule has 3 aromatic rings. The van der Waals surface area contributed by atoms with E-state index in [-0.39, 0.29) is 0 Å². The van der Waals surface area contributed by atoms with Crippen molar-refractivity contribution in [2.75, 3.05) is 12.8 Å². The van der Waals surface area contributed by atoms with E-state index in [2.05, 4.69) is 20.9 Å². The average Bonchev–Trinajstić information content (AvgIpc) is 2.80. The molecule has 0 amide bonds. The molecular formula is C15H13BrN2O2S. The zero-order chi connectivity index (χ0) is 15.0. The van der Waals surface area contributed by atoms with Gasteiger partial charge in [-0.3, -0.25) is 0 Å². The third kappa shape index (κ3) is 2.82. The van der Waals surface area contributed by atoms with E-state index in [1.807, 2.05) is 37.3 Å². The second-order valence-electron chi connectivity index (χ2n) is 4.49. The first-order chi connectivity index (χ1) is 10.1. The van der Waals surface area contributed by atoms with Crippen molar-refractivity contribution >= 4 is 43.2 Å². The minimum absolute atomic E-state index is 0.592. The van der Waals surface area contributed by atoms with Gasteiger partial charge in [0.15, 0.2) is 5.75 Å². The van der Waals surface area contributed by atoms with Gasteiger partial charge < -0.3 is 15.2 Å². The number of anilines is 1. The highest BCUT2D eigenvalue weighted by atomic mass is 79.9. The van der Waals surface area contributed by atoms with Crippen LogP contribution in [0.3, 0.4) is 0 Å². The summed E-state index contributed by atoms with van der Waals surface area (Å²) in [5, 5.41) is 1.01. The molecule has 21 heavy (non-hydrogen) atoms. The fraction of sp³-hybridized carbons (Fsp3) is 0.133. The number of thiazole rings is 1. The topological polar surface area (TPSA) is 57.4 Å². The van der Waals surface area contributed by atoms with Gasteiger partial charge in [0, 0.05) is 6.07 Å². The van der Waals surface area contributed by atoms with E-state index < -0.39 is 0 Å². The van der Waals surface area contributed by atoms with Gasteiger partial charge in [0.1, 0.15) is 11.5 Å². The van der Waals surface area contributed by atoms with Crippen LogP contribution in [0.1, 0.15) is 5.01 Å². The number of aryl methyl sites for hydroxylation is 1. The number of methoxy groups -OCH3 is 1. The molecule has 0 saturated carbocycles. The number of hydrogen-bond acceptors (Lipinski definition) is 5. The minimum Gasteiger partial charge on any atom is -0.497 e. The van der Waals surface area contributed by atoms with Crippen LogP contribution in [-0.4, -0.2) is 12.1 Å². The molecule has 0 aliphatic rings. The van der Waals surface area contributed by atoms with E-state index in [0.717, 1.165) is 25.4 Å². The van der Waals surface area contributed by atoms with Crippen LogP contribution in [0.15, 0.2) is 34.8 Å². The van der Waals surface area contributed by atoms with Gasteiger partial charge in [0.05, 0.1) is 32.5 Å². The van der Waals surface area contributed by atoms with Gasteiger partial charge in [-0.25, -0.2) is 4.98 Å². The molecule has 108 valence electrons. The summed E-state index contributed by atoms with van der Waals surface area (Å²) < 4.78 is 12.9. The van der Waals surface area contributed by atoms with Crippen molar-refractivity contribution in [3.05, 3.63) is 39.8 Å². The Labute approximate surface area is 134 Å². The van der Waals surface area contributed by atoms with Gasteiger partial charge in [-0.1, -0.05) is 0 Å². The average molecular weight is 365 g/mol. The summed E-state index contributed by atoms with van der Waals surface area (Å²) in [5.41, 5.74) is 7.55. The Balaban J connectivity index is 1.99. The van der Waals surface area contributed by atoms with Crippen LogP contribution < -0.4 is 15.2 Å². The molecule has 6 heteroatoms. The molecule has 0 radical (unpaired) electrons. The summed E-state index contributed by atoms with van der Waals surface area (Å²) in [6.07, 6.45) is 0. The highest BCUT2D eigenvalue weighted by molar-refractivity contribution is 9.10. The number of ether oxygens (including phenoxy) is 2. The van der Waals surface area contributed by atoms with E-state index in [1.165, 1.54) is 0 Å². The molecule has 0 unspecified atom stereocenters. The molecular weight excluding hydrogens is 352 g/mol. The number of nitrogens with two attached hydrogens (primary N) is 1. The van der Waals surface area contributed by atoms with Crippen LogP contribution in [-0.2, 0) is 0 Å². The molecule has 2 N–H and O–H groups in total. The fourth-order valence-corrected chi connectivity index (χ4v) is 3.28. The van der Waals surface area contributed by atoms with Crippen molar-refractivity contribution in [2.24, 2.45) is 0 Å². The monoisotopic (exact) mass is 364 g/mol. The number of fused-ring (bicyclic) bond motifs is 1. The second kappa shape index (κ2) is 5.54. The number of rotatable bonds is 3. The van der Waals surface area contributed by atoms with Gasteiger partial charge in [0.2, 0.25) is 0 Å². The fourth-order valence-electron chi connectivity index (χ4n) is 1.98. The largest absolute Gasteiger partial charge is 0.497 e. The summed E-state index contributed by atoms with van der Waals surface area (Å²) in [5.74, 6) is 2.03. The Hall–Kier alpha value is -1.79. The predicted molar refractivity (Wildman–Crippen MR) is 89.5 cm³/mol. The van der Waals surface area contributed by atoms with Gasteiger partial charge in [-0.2, -0.15) is 0 Å². The number of halogens is 1. The maximum atomic E-state index is 6.06. The molecule has 3 rings (SSSR count). The Morgan fingerprint density at radius 1 is 1.19 bits per heavy atom. The van der Waals surface area contributed by atoms with Crippen molar-refractivity contribution in [1.29, 1.82) is 0 Å². The van der Waals surface area contributed by atoms with Gasteiger partial charge in [0.25, 0.3) is 0 Å². The maximum absolute atomic E-state index is 6.06. The van der Waals surface area contributed by atoms with E-state index >= 15 is 0 Å². The number of nitrogen functional groups attached to an aromatic ring is 1. The standard InChI is InChI=1S/C15H13BrN2O2S/c1-8-18-12-7-14(11(17)6-15(12)21-8)20-13-4-3-9(19-2)5-10(13)16/h3-7H,17H2,1-2H3. The van der Waals surface area contributed by atoms with Gasteiger partial charge in [-0.15, -0.1) is 11.3 Å². The van der Waals surface area contributed by atoms with Crippen LogP contribution in [0, 0.1) is 6.92 Å². The molecule has 0 aliphatic heterocycles. The highest BCUT2D eigenvalue weighted by Crippen LogP contribution is 2.37. The van der Waals surface area contributed by atoms with Gasteiger partial charge in [-0.05, 0) is 47.1 Å². The third-order valence-electron chi connectivity index (χ3n) is 2.99. The minimum atomic E-state index is 0.592. The zero-order valence-corrected chi connectivity index (χ0v) is 13.9. The smallest absolute Gasteiger partial charge is 0.152 e. The maximum Gasteiger partial charge on any atom is 0.152 e. The normalized spacial score (nSPS) is 10.8. The molecule has 0 saturated heterocycles. The molecule has 0 atom stereocenters. The summed E-state index contributed by atoms with van der Waals surface area (Å²) in [7, 11) is 1.62. The van der Waals surface area contributed by atoms with Crippen molar-refractivity contribution in [1.82, 2.24) is 4.98 Å². The van der Waals surface area contributed by atoms with Crippen molar-refractivity contribution in [2.45, 2.75) is 6.92 Å². The second-order valence-corrected chi connectivity index (χ2v) is 6.58.